The fourth-order valence-corrected chi connectivity index (χ4v) is 5.83. The number of thiophene rings is 1. The first-order valence-corrected chi connectivity index (χ1v) is 11.7. The van der Waals surface area contributed by atoms with Crippen molar-refractivity contribution in [2.24, 2.45) is 11.1 Å². The minimum atomic E-state index is -0.519. The van der Waals surface area contributed by atoms with E-state index in [9.17, 15) is 20.2 Å². The number of allylic oxidation sites excluding steroid dienone is 3. The second-order valence-electron chi connectivity index (χ2n) is 9.37. The molecule has 4 rings (SSSR count). The predicted octanol–water partition coefficient (Wildman–Crippen LogP) is 5.47. The average molecular weight is 463 g/mol. The fraction of sp³-hybridized carbons (Fsp3) is 0.360. The van der Waals surface area contributed by atoms with Crippen molar-refractivity contribution in [2.75, 3.05) is 4.90 Å². The molecule has 1 unspecified atom stereocenters. The molecule has 2 N–H and O–H groups in total. The highest BCUT2D eigenvalue weighted by molar-refractivity contribution is 7.12. The molecule has 1 atom stereocenters. The number of carbonyl (C=O) groups is 1. The molecule has 1 aliphatic heterocycles. The standard InChI is InChI=1S/C25H26N4O3S/c1-5-16-8-9-21(33-16)22-17(13-26)24(27)28(18-10-15(29(31)32)7-6-14(18)2)19-11-25(3,4)12-20(30)23(19)22/h6-10,22H,5,11-12,27H2,1-4H3. The van der Waals surface area contributed by atoms with Gasteiger partial charge in [-0.05, 0) is 42.9 Å². The number of ketones is 1. The Morgan fingerprint density at radius 1 is 1.30 bits per heavy atom. The molecule has 2 heterocycles. The van der Waals surface area contributed by atoms with E-state index in [0.717, 1.165) is 22.6 Å². The minimum absolute atomic E-state index is 0.00830. The number of carbonyl (C=O) groups excluding carboxylic acids is 1. The van der Waals surface area contributed by atoms with Crippen molar-refractivity contribution in [1.82, 2.24) is 0 Å². The number of nitro groups is 1. The molecule has 1 aromatic heterocycles. The quantitative estimate of drug-likeness (QED) is 0.476. The zero-order valence-corrected chi connectivity index (χ0v) is 20.0. The summed E-state index contributed by atoms with van der Waals surface area (Å²) in [6, 6.07) is 10.8. The number of nitrogens with two attached hydrogens (primary N) is 1. The summed E-state index contributed by atoms with van der Waals surface area (Å²) in [6.07, 6.45) is 1.80. The number of hydrogen-bond donors (Lipinski definition) is 1. The minimum Gasteiger partial charge on any atom is -0.384 e. The van der Waals surface area contributed by atoms with Gasteiger partial charge in [0.05, 0.1) is 28.2 Å². The van der Waals surface area contributed by atoms with Crippen LogP contribution in [0.2, 0.25) is 0 Å². The van der Waals surface area contributed by atoms with E-state index < -0.39 is 10.8 Å². The molecule has 0 saturated heterocycles. The van der Waals surface area contributed by atoms with Crippen molar-refractivity contribution < 1.29 is 9.72 Å². The number of non-ortho nitro benzene ring substituents is 1. The van der Waals surface area contributed by atoms with Crippen LogP contribution in [0.5, 0.6) is 0 Å². The Kier molecular flexibility index (Phi) is 5.62. The molecule has 0 spiro atoms. The first-order valence-electron chi connectivity index (χ1n) is 10.9. The van der Waals surface area contributed by atoms with Crippen LogP contribution in [0.25, 0.3) is 0 Å². The van der Waals surface area contributed by atoms with E-state index in [1.54, 1.807) is 22.3 Å². The molecule has 0 radical (unpaired) electrons. The normalized spacial score (nSPS) is 20.0. The number of anilines is 1. The number of hydrogen-bond acceptors (Lipinski definition) is 7. The SMILES string of the molecule is CCc1ccc(C2C(C#N)=C(N)N(c3cc([N+](=O)[O-])ccc3C)C3=C2C(=O)CC(C)(C)C3)s1. The van der Waals surface area contributed by atoms with E-state index in [-0.39, 0.29) is 22.7 Å². The Labute approximate surface area is 197 Å². The Morgan fingerprint density at radius 3 is 2.64 bits per heavy atom. The van der Waals surface area contributed by atoms with Crippen molar-refractivity contribution in [3.63, 3.8) is 0 Å². The Morgan fingerprint density at radius 2 is 2.03 bits per heavy atom. The fourth-order valence-electron chi connectivity index (χ4n) is 4.76. The van der Waals surface area contributed by atoms with Gasteiger partial charge < -0.3 is 5.73 Å². The highest BCUT2D eigenvalue weighted by Crippen LogP contribution is 2.51. The van der Waals surface area contributed by atoms with Gasteiger partial charge in [-0.2, -0.15) is 5.26 Å². The highest BCUT2D eigenvalue weighted by Gasteiger charge is 2.45. The zero-order chi connectivity index (χ0) is 24.1. The number of nitro benzene ring substituents is 1. The van der Waals surface area contributed by atoms with Gasteiger partial charge in [0, 0.05) is 39.6 Å². The van der Waals surface area contributed by atoms with Gasteiger partial charge in [0.2, 0.25) is 0 Å². The van der Waals surface area contributed by atoms with E-state index in [1.807, 2.05) is 32.9 Å². The van der Waals surface area contributed by atoms with E-state index in [1.165, 1.54) is 17.0 Å². The molecule has 33 heavy (non-hydrogen) atoms. The largest absolute Gasteiger partial charge is 0.384 e. The summed E-state index contributed by atoms with van der Waals surface area (Å²) in [6.45, 7) is 7.97. The first kappa shape index (κ1) is 22.7. The molecule has 1 aromatic carbocycles. The lowest BCUT2D eigenvalue weighted by molar-refractivity contribution is -0.384. The van der Waals surface area contributed by atoms with Gasteiger partial charge in [-0.1, -0.05) is 26.8 Å². The summed E-state index contributed by atoms with van der Waals surface area (Å²) in [5, 5.41) is 21.6. The molecule has 0 fully saturated rings. The summed E-state index contributed by atoms with van der Waals surface area (Å²) in [5.41, 5.74) is 9.17. The van der Waals surface area contributed by atoms with Crippen LogP contribution in [0.3, 0.4) is 0 Å². The lowest BCUT2D eigenvalue weighted by Crippen LogP contribution is -2.42. The second kappa shape index (κ2) is 8.16. The monoisotopic (exact) mass is 462 g/mol. The van der Waals surface area contributed by atoms with Gasteiger partial charge in [-0.25, -0.2) is 0 Å². The van der Waals surface area contributed by atoms with Crippen LogP contribution >= 0.6 is 11.3 Å². The first-order chi connectivity index (χ1) is 15.6. The number of nitriles is 1. The van der Waals surface area contributed by atoms with Crippen LogP contribution in [0.1, 0.15) is 54.8 Å². The number of nitrogens with zero attached hydrogens (tertiary/aromatic N) is 3. The molecular formula is C25H26N4O3S. The number of rotatable bonds is 4. The maximum absolute atomic E-state index is 13.5. The zero-order valence-electron chi connectivity index (χ0n) is 19.1. The van der Waals surface area contributed by atoms with Crippen LogP contribution in [0, 0.1) is 33.8 Å². The van der Waals surface area contributed by atoms with E-state index in [0.29, 0.717) is 29.7 Å². The molecular weight excluding hydrogens is 436 g/mol. The number of Topliss-reactive ketones (excluding diaryl/α,β-unsaturated/α-hetero) is 1. The molecule has 1 aliphatic carbocycles. The van der Waals surface area contributed by atoms with E-state index in [2.05, 4.69) is 13.0 Å². The molecule has 0 saturated carbocycles. The molecule has 8 heteroatoms. The van der Waals surface area contributed by atoms with E-state index in [4.69, 9.17) is 5.73 Å². The van der Waals surface area contributed by atoms with Crippen LogP contribution < -0.4 is 10.6 Å². The Balaban J connectivity index is 2.02. The molecule has 2 aromatic rings. The van der Waals surface area contributed by atoms with Crippen LogP contribution in [-0.2, 0) is 11.2 Å². The summed E-state index contributed by atoms with van der Waals surface area (Å²) in [4.78, 5) is 28.4. The van der Waals surface area contributed by atoms with Gasteiger partial charge in [0.15, 0.2) is 5.78 Å². The van der Waals surface area contributed by atoms with Crippen LogP contribution in [0.4, 0.5) is 11.4 Å². The molecule has 0 amide bonds. The van der Waals surface area contributed by atoms with Crippen molar-refractivity contribution >= 4 is 28.5 Å². The molecule has 0 bridgehead atoms. The van der Waals surface area contributed by atoms with Crippen molar-refractivity contribution in [3.8, 4) is 6.07 Å². The molecule has 7 nitrogen and oxygen atoms in total. The van der Waals surface area contributed by atoms with Gasteiger partial charge >= 0.3 is 0 Å². The van der Waals surface area contributed by atoms with Crippen molar-refractivity contribution in [2.45, 2.75) is 52.9 Å². The summed E-state index contributed by atoms with van der Waals surface area (Å²) < 4.78 is 0. The smallest absolute Gasteiger partial charge is 0.271 e. The Hall–Kier alpha value is -3.44. The Bertz CT molecular complexity index is 1280. The maximum Gasteiger partial charge on any atom is 0.271 e. The number of benzene rings is 1. The van der Waals surface area contributed by atoms with Crippen LogP contribution in [0.15, 0.2) is 53.0 Å². The third kappa shape index (κ3) is 3.83. The van der Waals surface area contributed by atoms with Crippen molar-refractivity contribution in [1.29, 1.82) is 5.26 Å². The number of aryl methyl sites for hydroxylation is 2. The molecule has 2 aliphatic rings. The van der Waals surface area contributed by atoms with Gasteiger partial charge in [0.1, 0.15) is 5.82 Å². The lowest BCUT2D eigenvalue weighted by Gasteiger charge is -2.43. The summed E-state index contributed by atoms with van der Waals surface area (Å²) in [5.74, 6) is -0.304. The maximum atomic E-state index is 13.5. The van der Waals surface area contributed by atoms with Gasteiger partial charge in [-0.3, -0.25) is 19.8 Å². The lowest BCUT2D eigenvalue weighted by atomic mass is 9.69. The average Bonchev–Trinajstić information content (AvgIpc) is 3.22. The van der Waals surface area contributed by atoms with Crippen molar-refractivity contribution in [3.05, 3.63) is 78.4 Å². The van der Waals surface area contributed by atoms with Gasteiger partial charge in [0.25, 0.3) is 5.69 Å². The highest BCUT2D eigenvalue weighted by atomic mass is 32.1. The summed E-state index contributed by atoms with van der Waals surface area (Å²) in [7, 11) is 0. The third-order valence-electron chi connectivity index (χ3n) is 6.34. The summed E-state index contributed by atoms with van der Waals surface area (Å²) >= 11 is 1.59. The third-order valence-corrected chi connectivity index (χ3v) is 7.64. The molecule has 170 valence electrons. The second-order valence-corrected chi connectivity index (χ2v) is 10.6. The van der Waals surface area contributed by atoms with E-state index >= 15 is 0 Å². The van der Waals surface area contributed by atoms with Crippen LogP contribution in [-0.4, -0.2) is 10.7 Å². The topological polar surface area (TPSA) is 113 Å². The van der Waals surface area contributed by atoms with Gasteiger partial charge in [-0.15, -0.1) is 11.3 Å². The predicted molar refractivity (Wildman–Crippen MR) is 129 cm³/mol.